The predicted molar refractivity (Wildman–Crippen MR) is 59.8 cm³/mol. The molecular formula is C9H22N2O2S. The highest BCUT2D eigenvalue weighted by Crippen LogP contribution is 2.06. The van der Waals surface area contributed by atoms with Crippen LogP contribution >= 0.6 is 0 Å². The molecule has 0 bridgehead atoms. The highest BCUT2D eigenvalue weighted by atomic mass is 32.2. The molecule has 0 aromatic rings. The van der Waals surface area contributed by atoms with E-state index in [0.717, 1.165) is 6.42 Å². The third kappa shape index (κ3) is 4.93. The first-order valence-corrected chi connectivity index (χ1v) is 6.63. The molecule has 1 unspecified atom stereocenters. The van der Waals surface area contributed by atoms with Crippen molar-refractivity contribution >= 4 is 10.0 Å². The van der Waals surface area contributed by atoms with Gasteiger partial charge in [-0.3, -0.25) is 0 Å². The second kappa shape index (κ2) is 6.37. The van der Waals surface area contributed by atoms with E-state index in [0.29, 0.717) is 19.0 Å². The molecule has 0 radical (unpaired) electrons. The van der Waals surface area contributed by atoms with E-state index < -0.39 is 10.0 Å². The topological polar surface area (TPSA) is 49.4 Å². The fourth-order valence-corrected chi connectivity index (χ4v) is 2.32. The fraction of sp³-hybridized carbons (Fsp3) is 1.00. The number of hydrogen-bond acceptors (Lipinski definition) is 3. The second-order valence-corrected chi connectivity index (χ2v) is 5.91. The highest BCUT2D eigenvalue weighted by molar-refractivity contribution is 7.89. The summed E-state index contributed by atoms with van der Waals surface area (Å²) >= 11 is 0. The predicted octanol–water partition coefficient (Wildman–Crippen LogP) is 0.514. The van der Waals surface area contributed by atoms with Crippen LogP contribution in [-0.4, -0.2) is 45.7 Å². The summed E-state index contributed by atoms with van der Waals surface area (Å²) < 4.78 is 24.7. The molecule has 0 saturated heterocycles. The Labute approximate surface area is 87.7 Å². The van der Waals surface area contributed by atoms with Crippen molar-refractivity contribution in [3.63, 3.8) is 0 Å². The van der Waals surface area contributed by atoms with Crippen LogP contribution in [0.15, 0.2) is 0 Å². The van der Waals surface area contributed by atoms with Crippen molar-refractivity contribution in [2.45, 2.75) is 20.3 Å². The summed E-state index contributed by atoms with van der Waals surface area (Å²) in [7, 11) is 0.347. The van der Waals surface area contributed by atoms with Gasteiger partial charge in [-0.15, -0.1) is 0 Å². The SMILES string of the molecule is CCC(C)CN(C)S(=O)(=O)CCNC. The zero-order chi connectivity index (χ0) is 11.2. The first-order valence-electron chi connectivity index (χ1n) is 5.02. The molecule has 5 heteroatoms. The smallest absolute Gasteiger partial charge is 0.215 e. The van der Waals surface area contributed by atoms with Gasteiger partial charge in [-0.25, -0.2) is 12.7 Å². The van der Waals surface area contributed by atoms with Crippen LogP contribution in [-0.2, 0) is 10.0 Å². The molecule has 4 nitrogen and oxygen atoms in total. The van der Waals surface area contributed by atoms with Crippen LogP contribution in [0.1, 0.15) is 20.3 Å². The van der Waals surface area contributed by atoms with Crippen LogP contribution in [0, 0.1) is 5.92 Å². The molecule has 0 aliphatic rings. The first kappa shape index (κ1) is 13.9. The van der Waals surface area contributed by atoms with Crippen LogP contribution in [0.25, 0.3) is 0 Å². The number of nitrogens with zero attached hydrogens (tertiary/aromatic N) is 1. The van der Waals surface area contributed by atoms with Crippen LogP contribution in [0.2, 0.25) is 0 Å². The van der Waals surface area contributed by atoms with Gasteiger partial charge in [0.05, 0.1) is 5.75 Å². The summed E-state index contributed by atoms with van der Waals surface area (Å²) in [6, 6.07) is 0. The maximum Gasteiger partial charge on any atom is 0.215 e. The molecule has 0 aromatic carbocycles. The van der Waals surface area contributed by atoms with Crippen LogP contribution in [0.3, 0.4) is 0 Å². The van der Waals surface area contributed by atoms with Gasteiger partial charge in [0.15, 0.2) is 0 Å². The fourth-order valence-electron chi connectivity index (χ4n) is 1.07. The number of hydrogen-bond donors (Lipinski definition) is 1. The maximum atomic E-state index is 11.6. The summed E-state index contributed by atoms with van der Waals surface area (Å²) in [5.74, 6) is 0.598. The molecule has 0 aliphatic carbocycles. The number of rotatable bonds is 7. The monoisotopic (exact) mass is 222 g/mol. The Morgan fingerprint density at radius 3 is 2.43 bits per heavy atom. The van der Waals surface area contributed by atoms with E-state index in [9.17, 15) is 8.42 Å². The van der Waals surface area contributed by atoms with Gasteiger partial charge < -0.3 is 5.32 Å². The van der Waals surface area contributed by atoms with Crippen LogP contribution in [0.4, 0.5) is 0 Å². The molecule has 0 spiro atoms. The van der Waals surface area contributed by atoms with Gasteiger partial charge in [-0.2, -0.15) is 0 Å². The Balaban J connectivity index is 4.14. The van der Waals surface area contributed by atoms with Crippen molar-refractivity contribution in [3.8, 4) is 0 Å². The van der Waals surface area contributed by atoms with Gasteiger partial charge in [-0.05, 0) is 13.0 Å². The second-order valence-electron chi connectivity index (χ2n) is 3.71. The molecule has 1 N–H and O–H groups in total. The Morgan fingerprint density at radius 1 is 1.43 bits per heavy atom. The minimum atomic E-state index is -3.06. The summed E-state index contributed by atoms with van der Waals surface area (Å²) in [5.41, 5.74) is 0. The Morgan fingerprint density at radius 2 is 2.00 bits per heavy atom. The molecule has 1 atom stereocenters. The quantitative estimate of drug-likeness (QED) is 0.683. The van der Waals surface area contributed by atoms with E-state index in [4.69, 9.17) is 0 Å². The van der Waals surface area contributed by atoms with Crippen LogP contribution in [0.5, 0.6) is 0 Å². The van der Waals surface area contributed by atoms with Gasteiger partial charge in [0.2, 0.25) is 10.0 Å². The van der Waals surface area contributed by atoms with Gasteiger partial charge in [0, 0.05) is 20.1 Å². The largest absolute Gasteiger partial charge is 0.319 e. The number of sulfonamides is 1. The summed E-state index contributed by atoms with van der Waals surface area (Å²) in [5, 5.41) is 2.84. The van der Waals surface area contributed by atoms with Crippen molar-refractivity contribution in [3.05, 3.63) is 0 Å². The first-order chi connectivity index (χ1) is 6.44. The highest BCUT2D eigenvalue weighted by Gasteiger charge is 2.18. The molecule has 0 saturated carbocycles. The summed E-state index contributed by atoms with van der Waals surface area (Å²) in [6.07, 6.45) is 1.01. The van der Waals surface area contributed by atoms with E-state index in [1.54, 1.807) is 14.1 Å². The third-order valence-corrected chi connectivity index (χ3v) is 4.17. The molecule has 0 aromatic heterocycles. The minimum Gasteiger partial charge on any atom is -0.319 e. The Hall–Kier alpha value is -0.130. The van der Waals surface area contributed by atoms with E-state index in [1.165, 1.54) is 4.31 Å². The van der Waals surface area contributed by atoms with E-state index in [1.807, 2.05) is 0 Å². The normalized spacial score (nSPS) is 14.6. The summed E-state index contributed by atoms with van der Waals surface area (Å²) in [4.78, 5) is 0. The van der Waals surface area contributed by atoms with Crippen molar-refractivity contribution in [1.82, 2.24) is 9.62 Å². The van der Waals surface area contributed by atoms with Crippen LogP contribution < -0.4 is 5.32 Å². The van der Waals surface area contributed by atoms with Crippen molar-refractivity contribution in [1.29, 1.82) is 0 Å². The van der Waals surface area contributed by atoms with Crippen molar-refractivity contribution in [2.24, 2.45) is 5.92 Å². The molecule has 0 fully saturated rings. The average molecular weight is 222 g/mol. The Bertz CT molecular complexity index is 239. The van der Waals surface area contributed by atoms with Gasteiger partial charge >= 0.3 is 0 Å². The van der Waals surface area contributed by atoms with Gasteiger partial charge in [0.1, 0.15) is 0 Å². The van der Waals surface area contributed by atoms with Gasteiger partial charge in [-0.1, -0.05) is 20.3 Å². The lowest BCUT2D eigenvalue weighted by atomic mass is 10.1. The minimum absolute atomic E-state index is 0.177. The molecule has 14 heavy (non-hydrogen) atoms. The lowest BCUT2D eigenvalue weighted by Crippen LogP contribution is -2.35. The molecule has 86 valence electrons. The lowest BCUT2D eigenvalue weighted by molar-refractivity contribution is 0.393. The standard InChI is InChI=1S/C9H22N2O2S/c1-5-9(2)8-11(4)14(12,13)7-6-10-3/h9-10H,5-8H2,1-4H3. The molecule has 0 heterocycles. The van der Waals surface area contributed by atoms with E-state index in [-0.39, 0.29) is 5.75 Å². The third-order valence-electron chi connectivity index (χ3n) is 2.35. The number of nitrogens with one attached hydrogen (secondary N) is 1. The average Bonchev–Trinajstić information content (AvgIpc) is 2.14. The van der Waals surface area contributed by atoms with E-state index >= 15 is 0 Å². The molecule has 0 amide bonds. The zero-order valence-electron chi connectivity index (χ0n) is 9.58. The van der Waals surface area contributed by atoms with Gasteiger partial charge in [0.25, 0.3) is 0 Å². The van der Waals surface area contributed by atoms with E-state index in [2.05, 4.69) is 19.2 Å². The summed E-state index contributed by atoms with van der Waals surface area (Å²) in [6.45, 7) is 5.25. The Kier molecular flexibility index (Phi) is 6.31. The zero-order valence-corrected chi connectivity index (χ0v) is 10.4. The van der Waals surface area contributed by atoms with Crippen molar-refractivity contribution < 1.29 is 8.42 Å². The maximum absolute atomic E-state index is 11.6. The lowest BCUT2D eigenvalue weighted by Gasteiger charge is -2.20. The molecule has 0 rings (SSSR count). The molecular weight excluding hydrogens is 200 g/mol. The molecule has 0 aliphatic heterocycles. The van der Waals surface area contributed by atoms with Crippen molar-refractivity contribution in [2.75, 3.05) is 32.9 Å².